The molecule has 116 valence electrons. The van der Waals surface area contributed by atoms with Crippen LogP contribution >= 0.6 is 11.8 Å². The van der Waals surface area contributed by atoms with E-state index in [1.54, 1.807) is 5.56 Å². The van der Waals surface area contributed by atoms with Crippen molar-refractivity contribution >= 4 is 11.8 Å². The highest BCUT2D eigenvalue weighted by Crippen LogP contribution is 2.40. The molecule has 2 atom stereocenters. The number of nitrogens with one attached hydrogen (secondary N) is 1. The summed E-state index contributed by atoms with van der Waals surface area (Å²) < 4.78 is 0. The SMILES string of the molecule is CC(C)C1CNC(C)(C)CN1CC1CSc2ccccc21. The highest BCUT2D eigenvalue weighted by atomic mass is 32.2. The van der Waals surface area contributed by atoms with E-state index >= 15 is 0 Å². The second-order valence-electron chi connectivity index (χ2n) is 7.55. The third-order valence-corrected chi connectivity index (χ3v) is 6.13. The monoisotopic (exact) mass is 304 g/mol. The predicted molar refractivity (Wildman–Crippen MR) is 92.2 cm³/mol. The molecule has 21 heavy (non-hydrogen) atoms. The van der Waals surface area contributed by atoms with Crippen molar-refractivity contribution in [1.29, 1.82) is 0 Å². The quantitative estimate of drug-likeness (QED) is 0.919. The topological polar surface area (TPSA) is 15.3 Å². The maximum atomic E-state index is 3.72. The fourth-order valence-corrected chi connectivity index (χ4v) is 4.95. The van der Waals surface area contributed by atoms with E-state index in [0.717, 1.165) is 13.1 Å². The van der Waals surface area contributed by atoms with E-state index in [0.29, 0.717) is 17.9 Å². The van der Waals surface area contributed by atoms with Crippen LogP contribution in [-0.2, 0) is 0 Å². The standard InChI is InChI=1S/C18H28N2S/c1-13(2)16-9-19-18(3,4)12-20(16)10-14-11-21-17-8-6-5-7-15(14)17/h5-8,13-14,16,19H,9-12H2,1-4H3. The molecule has 2 nitrogen and oxygen atoms in total. The van der Waals surface area contributed by atoms with Crippen LogP contribution in [0, 0.1) is 5.92 Å². The summed E-state index contributed by atoms with van der Waals surface area (Å²) >= 11 is 2.03. The molecule has 0 bridgehead atoms. The Balaban J connectivity index is 1.76. The predicted octanol–water partition coefficient (Wildman–Crippen LogP) is 3.58. The highest BCUT2D eigenvalue weighted by molar-refractivity contribution is 7.99. The molecule has 0 spiro atoms. The molecule has 1 aromatic carbocycles. The third kappa shape index (κ3) is 3.30. The average molecular weight is 305 g/mol. The number of rotatable bonds is 3. The minimum Gasteiger partial charge on any atom is -0.309 e. The van der Waals surface area contributed by atoms with Crippen molar-refractivity contribution in [2.75, 3.05) is 25.4 Å². The highest BCUT2D eigenvalue weighted by Gasteiger charge is 2.36. The molecule has 0 saturated carbocycles. The first-order chi connectivity index (χ1) is 9.96. The van der Waals surface area contributed by atoms with E-state index in [9.17, 15) is 0 Å². The Morgan fingerprint density at radius 3 is 2.86 bits per heavy atom. The van der Waals surface area contributed by atoms with Gasteiger partial charge in [0.2, 0.25) is 0 Å². The van der Waals surface area contributed by atoms with Crippen LogP contribution in [0.3, 0.4) is 0 Å². The van der Waals surface area contributed by atoms with E-state index in [1.165, 1.54) is 17.2 Å². The van der Waals surface area contributed by atoms with Crippen LogP contribution in [0.5, 0.6) is 0 Å². The molecule has 0 radical (unpaired) electrons. The van der Waals surface area contributed by atoms with Gasteiger partial charge in [0.1, 0.15) is 0 Å². The summed E-state index contributed by atoms with van der Waals surface area (Å²) in [5, 5.41) is 3.72. The molecular weight excluding hydrogens is 276 g/mol. The van der Waals surface area contributed by atoms with Gasteiger partial charge in [-0.15, -0.1) is 11.8 Å². The Kier molecular flexibility index (Phi) is 4.35. The minimum absolute atomic E-state index is 0.233. The van der Waals surface area contributed by atoms with Gasteiger partial charge in [0, 0.05) is 47.8 Å². The lowest BCUT2D eigenvalue weighted by atomic mass is 9.91. The zero-order valence-corrected chi connectivity index (χ0v) is 14.5. The van der Waals surface area contributed by atoms with Gasteiger partial charge in [-0.3, -0.25) is 4.90 Å². The van der Waals surface area contributed by atoms with Crippen LogP contribution in [0.4, 0.5) is 0 Å². The molecule has 1 fully saturated rings. The molecule has 0 aliphatic carbocycles. The molecule has 0 aromatic heterocycles. The summed E-state index contributed by atoms with van der Waals surface area (Å²) in [5.74, 6) is 2.65. The van der Waals surface area contributed by atoms with E-state index in [4.69, 9.17) is 0 Å². The number of nitrogens with zero attached hydrogens (tertiary/aromatic N) is 1. The van der Waals surface area contributed by atoms with Gasteiger partial charge in [-0.1, -0.05) is 32.0 Å². The number of hydrogen-bond donors (Lipinski definition) is 1. The van der Waals surface area contributed by atoms with Crippen molar-refractivity contribution in [3.8, 4) is 0 Å². The molecule has 0 amide bonds. The van der Waals surface area contributed by atoms with Crippen molar-refractivity contribution < 1.29 is 0 Å². The zero-order valence-electron chi connectivity index (χ0n) is 13.7. The van der Waals surface area contributed by atoms with Crippen LogP contribution in [0.15, 0.2) is 29.2 Å². The summed E-state index contributed by atoms with van der Waals surface area (Å²) in [6.07, 6.45) is 0. The van der Waals surface area contributed by atoms with E-state index in [1.807, 2.05) is 11.8 Å². The van der Waals surface area contributed by atoms with Crippen LogP contribution in [0.25, 0.3) is 0 Å². The van der Waals surface area contributed by atoms with Crippen LogP contribution < -0.4 is 5.32 Å². The lowest BCUT2D eigenvalue weighted by molar-refractivity contribution is 0.0655. The van der Waals surface area contributed by atoms with E-state index in [2.05, 4.69) is 62.2 Å². The lowest BCUT2D eigenvalue weighted by Gasteiger charge is -2.47. The first kappa shape index (κ1) is 15.4. The maximum Gasteiger partial charge on any atom is 0.0252 e. The summed E-state index contributed by atoms with van der Waals surface area (Å²) in [5.41, 5.74) is 1.80. The van der Waals surface area contributed by atoms with Crippen molar-refractivity contribution in [3.05, 3.63) is 29.8 Å². The Labute approximate surface area is 133 Å². The van der Waals surface area contributed by atoms with Gasteiger partial charge in [-0.05, 0) is 31.4 Å². The Morgan fingerprint density at radius 2 is 2.10 bits per heavy atom. The maximum absolute atomic E-state index is 3.72. The molecule has 1 saturated heterocycles. The molecule has 2 aliphatic heterocycles. The summed E-state index contributed by atoms with van der Waals surface area (Å²) in [6.45, 7) is 12.8. The second kappa shape index (κ2) is 5.94. The van der Waals surface area contributed by atoms with Gasteiger partial charge in [-0.25, -0.2) is 0 Å². The first-order valence-corrected chi connectivity index (χ1v) is 9.15. The number of fused-ring (bicyclic) bond motifs is 1. The first-order valence-electron chi connectivity index (χ1n) is 8.17. The van der Waals surface area contributed by atoms with E-state index < -0.39 is 0 Å². The molecule has 2 unspecified atom stereocenters. The number of piperazine rings is 1. The van der Waals surface area contributed by atoms with Crippen LogP contribution in [0.2, 0.25) is 0 Å². The smallest absolute Gasteiger partial charge is 0.0252 e. The number of thioether (sulfide) groups is 1. The average Bonchev–Trinajstić information content (AvgIpc) is 2.81. The Morgan fingerprint density at radius 1 is 1.33 bits per heavy atom. The molecule has 2 heterocycles. The normalized spacial score (nSPS) is 28.8. The van der Waals surface area contributed by atoms with Gasteiger partial charge in [0.15, 0.2) is 0 Å². The van der Waals surface area contributed by atoms with Crippen molar-refractivity contribution in [3.63, 3.8) is 0 Å². The van der Waals surface area contributed by atoms with Gasteiger partial charge < -0.3 is 5.32 Å². The van der Waals surface area contributed by atoms with Gasteiger partial charge in [-0.2, -0.15) is 0 Å². The van der Waals surface area contributed by atoms with Crippen molar-refractivity contribution in [2.45, 2.75) is 50.1 Å². The summed E-state index contributed by atoms with van der Waals surface area (Å²) in [4.78, 5) is 4.24. The molecule has 3 heteroatoms. The van der Waals surface area contributed by atoms with Gasteiger partial charge in [0.25, 0.3) is 0 Å². The zero-order chi connectivity index (χ0) is 15.0. The molecule has 1 N–H and O–H groups in total. The van der Waals surface area contributed by atoms with E-state index in [-0.39, 0.29) is 5.54 Å². The Hall–Kier alpha value is -0.510. The number of hydrogen-bond acceptors (Lipinski definition) is 3. The third-order valence-electron chi connectivity index (χ3n) is 4.88. The lowest BCUT2D eigenvalue weighted by Crippen LogP contribution is -2.63. The Bertz CT molecular complexity index is 498. The number of benzene rings is 1. The fourth-order valence-electron chi connectivity index (χ4n) is 3.71. The molecule has 3 rings (SSSR count). The molecule has 2 aliphatic rings. The second-order valence-corrected chi connectivity index (χ2v) is 8.61. The summed E-state index contributed by atoms with van der Waals surface area (Å²) in [6, 6.07) is 9.63. The van der Waals surface area contributed by atoms with Crippen LogP contribution in [0.1, 0.15) is 39.2 Å². The van der Waals surface area contributed by atoms with Crippen molar-refractivity contribution in [2.24, 2.45) is 5.92 Å². The largest absolute Gasteiger partial charge is 0.309 e. The van der Waals surface area contributed by atoms with Crippen molar-refractivity contribution in [1.82, 2.24) is 10.2 Å². The molecular formula is C18H28N2S. The fraction of sp³-hybridized carbons (Fsp3) is 0.667. The minimum atomic E-state index is 0.233. The van der Waals surface area contributed by atoms with Gasteiger partial charge in [0.05, 0.1) is 0 Å². The van der Waals surface area contributed by atoms with Crippen LogP contribution in [-0.4, -0.2) is 41.9 Å². The summed E-state index contributed by atoms with van der Waals surface area (Å²) in [7, 11) is 0. The van der Waals surface area contributed by atoms with Gasteiger partial charge >= 0.3 is 0 Å². The molecule has 1 aromatic rings.